The van der Waals surface area contributed by atoms with Crippen molar-refractivity contribution >= 4 is 38.5 Å². The summed E-state index contributed by atoms with van der Waals surface area (Å²) in [5.41, 5.74) is 3.58. The maximum atomic E-state index is 13.6. The van der Waals surface area contributed by atoms with E-state index in [-0.39, 0.29) is 11.4 Å². The Labute approximate surface area is 246 Å². The van der Waals surface area contributed by atoms with Gasteiger partial charge in [0.05, 0.1) is 22.9 Å². The molecule has 2 aliphatic rings. The van der Waals surface area contributed by atoms with Crippen molar-refractivity contribution in [3.8, 4) is 5.75 Å². The number of pyridine rings is 1. The average molecular weight is 589 g/mol. The number of aryl methyl sites for hydroxylation is 1. The number of nitrogens with one attached hydrogen (secondary N) is 2. The monoisotopic (exact) mass is 588 g/mol. The first-order chi connectivity index (χ1) is 20.5. The maximum Gasteiger partial charge on any atom is 0.335 e. The number of anilines is 2. The van der Waals surface area contributed by atoms with Crippen LogP contribution in [0.2, 0.25) is 0 Å². The Hall–Kier alpha value is -4.09. The van der Waals surface area contributed by atoms with Gasteiger partial charge in [-0.2, -0.15) is 0 Å². The summed E-state index contributed by atoms with van der Waals surface area (Å²) < 4.78 is 34.1. The summed E-state index contributed by atoms with van der Waals surface area (Å²) in [6.07, 6.45) is 6.73. The number of carbonyl (C=O) groups excluding carboxylic acids is 1. The molecule has 0 atom stereocenters. The second-order valence-electron chi connectivity index (χ2n) is 10.7. The minimum Gasteiger partial charge on any atom is -0.491 e. The zero-order valence-corrected chi connectivity index (χ0v) is 24.4. The number of hydrogen-bond donors (Lipinski definition) is 2. The van der Waals surface area contributed by atoms with Gasteiger partial charge in [-0.1, -0.05) is 30.3 Å². The third kappa shape index (κ3) is 5.93. The highest BCUT2D eigenvalue weighted by Gasteiger charge is 2.30. The number of sulfonamides is 1. The molecule has 0 bridgehead atoms. The normalized spacial score (nSPS) is 15.7. The van der Waals surface area contributed by atoms with Gasteiger partial charge in [0, 0.05) is 50.5 Å². The first kappa shape index (κ1) is 28.0. The third-order valence-electron chi connectivity index (χ3n) is 7.96. The van der Waals surface area contributed by atoms with E-state index in [1.165, 1.54) is 23.4 Å². The Morgan fingerprint density at radius 1 is 1.00 bits per heavy atom. The number of hydrogen-bond acceptors (Lipinski definition) is 7. The van der Waals surface area contributed by atoms with Gasteiger partial charge in [0.2, 0.25) is 0 Å². The third-order valence-corrected chi connectivity index (χ3v) is 9.76. The number of benzene rings is 2. The second-order valence-corrected chi connectivity index (χ2v) is 12.5. The highest BCUT2D eigenvalue weighted by molar-refractivity contribution is 7.89. The average Bonchev–Trinajstić information content (AvgIpc) is 3.44. The van der Waals surface area contributed by atoms with Gasteiger partial charge < -0.3 is 19.9 Å². The van der Waals surface area contributed by atoms with Crippen molar-refractivity contribution in [2.45, 2.75) is 30.6 Å². The fraction of sp³-hybridized carbons (Fsp3) is 0.355. The molecule has 0 saturated carbocycles. The number of aromatic nitrogens is 2. The van der Waals surface area contributed by atoms with Crippen LogP contribution in [0.25, 0.3) is 11.0 Å². The molecule has 1 saturated heterocycles. The molecule has 0 aliphatic carbocycles. The van der Waals surface area contributed by atoms with Gasteiger partial charge >= 0.3 is 6.03 Å². The SMILES string of the molecule is O=C(Nc1c[nH]c2ncccc12)N(CCCCN1CCN(c2cccc3c2OCCC3)CC1)S(=O)(=O)c1ccccc1. The number of rotatable bonds is 9. The van der Waals surface area contributed by atoms with Crippen LogP contribution in [0.3, 0.4) is 0 Å². The number of aromatic amines is 1. The molecule has 2 N–H and O–H groups in total. The fourth-order valence-electron chi connectivity index (χ4n) is 5.71. The molecular formula is C31H36N6O4S. The summed E-state index contributed by atoms with van der Waals surface area (Å²) in [5.74, 6) is 1.04. The van der Waals surface area contributed by atoms with Crippen molar-refractivity contribution in [1.82, 2.24) is 19.2 Å². The molecular weight excluding hydrogens is 552 g/mol. The van der Waals surface area contributed by atoms with Crippen LogP contribution in [-0.4, -0.2) is 79.5 Å². The lowest BCUT2D eigenvalue weighted by Gasteiger charge is -2.37. The van der Waals surface area contributed by atoms with Gasteiger partial charge in [-0.05, 0) is 68.1 Å². The van der Waals surface area contributed by atoms with Crippen LogP contribution in [0.15, 0.2) is 78.0 Å². The zero-order chi connectivity index (χ0) is 28.9. The fourth-order valence-corrected chi connectivity index (χ4v) is 7.10. The number of piperazine rings is 1. The van der Waals surface area contributed by atoms with Crippen molar-refractivity contribution in [1.29, 1.82) is 0 Å². The summed E-state index contributed by atoms with van der Waals surface area (Å²) >= 11 is 0. The van der Waals surface area contributed by atoms with Crippen LogP contribution in [0.1, 0.15) is 24.8 Å². The quantitative estimate of drug-likeness (QED) is 0.273. The number of para-hydroxylation sites is 1. The Morgan fingerprint density at radius 3 is 2.67 bits per heavy atom. The molecule has 2 amide bonds. The van der Waals surface area contributed by atoms with Gasteiger partial charge in [-0.15, -0.1) is 0 Å². The Morgan fingerprint density at radius 2 is 1.83 bits per heavy atom. The first-order valence-electron chi connectivity index (χ1n) is 14.5. The summed E-state index contributed by atoms with van der Waals surface area (Å²) in [5, 5.41) is 3.50. The topological polar surface area (TPSA) is 111 Å². The molecule has 0 unspecified atom stereocenters. The van der Waals surface area contributed by atoms with Crippen LogP contribution >= 0.6 is 0 Å². The van der Waals surface area contributed by atoms with Gasteiger partial charge in [-0.3, -0.25) is 4.90 Å². The maximum absolute atomic E-state index is 13.6. The summed E-state index contributed by atoms with van der Waals surface area (Å²) in [6, 6.07) is 17.4. The van der Waals surface area contributed by atoms with E-state index in [2.05, 4.69) is 43.3 Å². The van der Waals surface area contributed by atoms with Gasteiger partial charge in [0.25, 0.3) is 10.0 Å². The molecule has 2 aromatic heterocycles. The highest BCUT2D eigenvalue weighted by Crippen LogP contribution is 2.36. The molecule has 6 rings (SSSR count). The smallest absolute Gasteiger partial charge is 0.335 e. The minimum atomic E-state index is -4.04. The van der Waals surface area contributed by atoms with E-state index in [0.29, 0.717) is 23.1 Å². The number of unbranched alkanes of at least 4 members (excludes halogenated alkanes) is 1. The predicted molar refractivity (Wildman–Crippen MR) is 164 cm³/mol. The summed E-state index contributed by atoms with van der Waals surface area (Å²) in [7, 11) is -4.04. The number of amides is 2. The molecule has 0 spiro atoms. The van der Waals surface area contributed by atoms with E-state index in [9.17, 15) is 13.2 Å². The predicted octanol–water partition coefficient (Wildman–Crippen LogP) is 4.71. The van der Waals surface area contributed by atoms with Crippen molar-refractivity contribution in [3.63, 3.8) is 0 Å². The minimum absolute atomic E-state index is 0.0805. The number of carbonyl (C=O) groups is 1. The van der Waals surface area contributed by atoms with E-state index in [1.54, 1.807) is 36.7 Å². The Bertz CT molecular complexity index is 1630. The standard InChI is InChI=1S/C31H36N6O4S/c38-31(34-27-23-33-30-26(27)13-7-15-32-30)37(42(39,40)25-11-2-1-3-12-25)17-5-4-16-35-18-20-36(21-19-35)28-14-6-9-24-10-8-22-41-29(24)28/h1-3,6-7,9,11-15,23H,4-5,8,10,16-22H2,(H,32,33)(H,34,38). The summed E-state index contributed by atoms with van der Waals surface area (Å²) in [6.45, 7) is 5.36. The molecule has 10 nitrogen and oxygen atoms in total. The Kier molecular flexibility index (Phi) is 8.29. The van der Waals surface area contributed by atoms with Crippen LogP contribution in [-0.2, 0) is 16.4 Å². The lowest BCUT2D eigenvalue weighted by molar-refractivity contribution is 0.230. The van der Waals surface area contributed by atoms with Gasteiger partial charge in [0.1, 0.15) is 11.4 Å². The van der Waals surface area contributed by atoms with E-state index >= 15 is 0 Å². The molecule has 4 aromatic rings. The molecule has 1 fully saturated rings. The van der Waals surface area contributed by atoms with E-state index < -0.39 is 16.1 Å². The molecule has 11 heteroatoms. The van der Waals surface area contributed by atoms with Gasteiger partial charge in [-0.25, -0.2) is 22.5 Å². The van der Waals surface area contributed by atoms with E-state index in [0.717, 1.165) is 68.6 Å². The van der Waals surface area contributed by atoms with Crippen molar-refractivity contribution in [2.24, 2.45) is 0 Å². The van der Waals surface area contributed by atoms with Crippen LogP contribution in [0.4, 0.5) is 16.2 Å². The molecule has 42 heavy (non-hydrogen) atoms. The van der Waals surface area contributed by atoms with Crippen LogP contribution < -0.4 is 15.0 Å². The highest BCUT2D eigenvalue weighted by atomic mass is 32.2. The van der Waals surface area contributed by atoms with Crippen molar-refractivity contribution in [2.75, 3.05) is 56.1 Å². The van der Waals surface area contributed by atoms with Crippen molar-refractivity contribution in [3.05, 3.63) is 78.6 Å². The number of ether oxygens (including phenoxy) is 1. The molecule has 2 aliphatic heterocycles. The van der Waals surface area contributed by atoms with E-state index in [1.807, 2.05) is 6.07 Å². The van der Waals surface area contributed by atoms with Crippen LogP contribution in [0, 0.1) is 0 Å². The summed E-state index contributed by atoms with van der Waals surface area (Å²) in [4.78, 5) is 25.6. The molecule has 2 aromatic carbocycles. The van der Waals surface area contributed by atoms with E-state index in [4.69, 9.17) is 4.74 Å². The number of fused-ring (bicyclic) bond motifs is 2. The number of urea groups is 1. The number of nitrogens with zero attached hydrogens (tertiary/aromatic N) is 4. The number of H-pyrrole nitrogens is 1. The van der Waals surface area contributed by atoms with Gasteiger partial charge in [0.15, 0.2) is 0 Å². The van der Waals surface area contributed by atoms with Crippen LogP contribution in [0.5, 0.6) is 5.75 Å². The Balaban J connectivity index is 1.07. The zero-order valence-electron chi connectivity index (χ0n) is 23.5. The molecule has 4 heterocycles. The lowest BCUT2D eigenvalue weighted by Crippen LogP contribution is -2.47. The lowest BCUT2D eigenvalue weighted by atomic mass is 10.0. The molecule has 0 radical (unpaired) electrons. The second kappa shape index (κ2) is 12.4. The van der Waals surface area contributed by atoms with Crippen molar-refractivity contribution < 1.29 is 17.9 Å². The largest absolute Gasteiger partial charge is 0.491 e. The first-order valence-corrected chi connectivity index (χ1v) is 16.0. The molecule has 220 valence electrons.